The van der Waals surface area contributed by atoms with Crippen LogP contribution >= 0.6 is 15.9 Å². The summed E-state index contributed by atoms with van der Waals surface area (Å²) in [6, 6.07) is 12.0. The lowest BCUT2D eigenvalue weighted by Crippen LogP contribution is -2.20. The standard InChI is InChI=1S/C17H17BrO2/c1-10-4-3-5-11(2)17(10)16-9-14(19)13-7-6-12(18)8-15(13)20-16/h3-8,14,16,19H,9H2,1-2H3/t14-,16?/m0/s1. The van der Waals surface area contributed by atoms with Gasteiger partial charge in [-0.05, 0) is 42.7 Å². The third kappa shape index (κ3) is 2.36. The van der Waals surface area contributed by atoms with Gasteiger partial charge in [0.2, 0.25) is 0 Å². The van der Waals surface area contributed by atoms with Crippen molar-refractivity contribution in [2.45, 2.75) is 32.5 Å². The molecule has 1 aliphatic heterocycles. The molecule has 1 heterocycles. The van der Waals surface area contributed by atoms with E-state index in [1.54, 1.807) is 0 Å². The predicted molar refractivity (Wildman–Crippen MR) is 83.0 cm³/mol. The fourth-order valence-corrected chi connectivity index (χ4v) is 3.27. The van der Waals surface area contributed by atoms with Crippen molar-refractivity contribution in [1.82, 2.24) is 0 Å². The fraction of sp³-hybridized carbons (Fsp3) is 0.294. The van der Waals surface area contributed by atoms with Gasteiger partial charge in [0.1, 0.15) is 11.9 Å². The maximum atomic E-state index is 10.4. The van der Waals surface area contributed by atoms with Gasteiger partial charge in [-0.2, -0.15) is 0 Å². The summed E-state index contributed by atoms with van der Waals surface area (Å²) >= 11 is 3.45. The highest BCUT2D eigenvalue weighted by molar-refractivity contribution is 9.10. The Morgan fingerprint density at radius 3 is 2.55 bits per heavy atom. The SMILES string of the molecule is Cc1cccc(C)c1C1C[C@H](O)c2ccc(Br)cc2O1. The van der Waals surface area contributed by atoms with Crippen molar-refractivity contribution >= 4 is 15.9 Å². The van der Waals surface area contributed by atoms with Crippen molar-refractivity contribution in [2.24, 2.45) is 0 Å². The normalized spacial score (nSPS) is 21.2. The second kappa shape index (κ2) is 5.23. The number of rotatable bonds is 1. The zero-order chi connectivity index (χ0) is 14.3. The number of benzene rings is 2. The van der Waals surface area contributed by atoms with Crippen molar-refractivity contribution in [3.05, 3.63) is 63.1 Å². The minimum Gasteiger partial charge on any atom is -0.485 e. The quantitative estimate of drug-likeness (QED) is 0.825. The summed E-state index contributed by atoms with van der Waals surface area (Å²) < 4.78 is 7.10. The average molecular weight is 333 g/mol. The van der Waals surface area contributed by atoms with E-state index in [0.29, 0.717) is 6.42 Å². The molecule has 0 saturated heterocycles. The lowest BCUT2D eigenvalue weighted by Gasteiger charge is -2.31. The van der Waals surface area contributed by atoms with Gasteiger partial charge in [0, 0.05) is 16.5 Å². The van der Waals surface area contributed by atoms with Crippen molar-refractivity contribution in [1.29, 1.82) is 0 Å². The van der Waals surface area contributed by atoms with Crippen LogP contribution < -0.4 is 4.74 Å². The molecule has 0 spiro atoms. The summed E-state index contributed by atoms with van der Waals surface area (Å²) in [5.74, 6) is 0.769. The molecule has 20 heavy (non-hydrogen) atoms. The summed E-state index contributed by atoms with van der Waals surface area (Å²) in [4.78, 5) is 0. The number of fused-ring (bicyclic) bond motifs is 1. The van der Waals surface area contributed by atoms with Gasteiger partial charge >= 0.3 is 0 Å². The van der Waals surface area contributed by atoms with Crippen LogP contribution in [0.15, 0.2) is 40.9 Å². The zero-order valence-electron chi connectivity index (χ0n) is 11.6. The van der Waals surface area contributed by atoms with Crippen LogP contribution in [0.4, 0.5) is 0 Å². The number of aryl methyl sites for hydroxylation is 2. The molecular formula is C17H17BrO2. The predicted octanol–water partition coefficient (Wildman–Crippen LogP) is 4.62. The number of aliphatic hydroxyl groups is 1. The van der Waals surface area contributed by atoms with Crippen LogP contribution in [0.2, 0.25) is 0 Å². The molecule has 2 atom stereocenters. The second-order valence-electron chi connectivity index (χ2n) is 5.35. The number of hydrogen-bond acceptors (Lipinski definition) is 2. The molecule has 0 aromatic heterocycles. The van der Waals surface area contributed by atoms with E-state index in [0.717, 1.165) is 15.8 Å². The van der Waals surface area contributed by atoms with E-state index in [4.69, 9.17) is 4.74 Å². The van der Waals surface area contributed by atoms with Crippen LogP contribution in [0.25, 0.3) is 0 Å². The van der Waals surface area contributed by atoms with Gasteiger partial charge in [-0.25, -0.2) is 0 Å². The summed E-state index contributed by atoms with van der Waals surface area (Å²) in [6.07, 6.45) is 0.0317. The Morgan fingerprint density at radius 1 is 1.15 bits per heavy atom. The van der Waals surface area contributed by atoms with E-state index in [1.165, 1.54) is 16.7 Å². The van der Waals surface area contributed by atoms with Crippen LogP contribution in [0.3, 0.4) is 0 Å². The summed E-state index contributed by atoms with van der Waals surface area (Å²) in [5.41, 5.74) is 4.48. The van der Waals surface area contributed by atoms with Crippen molar-refractivity contribution in [3.63, 3.8) is 0 Å². The number of halogens is 1. The number of ether oxygens (including phenoxy) is 1. The molecule has 0 aliphatic carbocycles. The van der Waals surface area contributed by atoms with Gasteiger partial charge < -0.3 is 9.84 Å². The van der Waals surface area contributed by atoms with E-state index >= 15 is 0 Å². The monoisotopic (exact) mass is 332 g/mol. The Kier molecular flexibility index (Phi) is 3.57. The Labute approximate surface area is 127 Å². The highest BCUT2D eigenvalue weighted by atomic mass is 79.9. The minimum atomic E-state index is -0.476. The van der Waals surface area contributed by atoms with Crippen molar-refractivity contribution in [3.8, 4) is 5.75 Å². The first-order valence-electron chi connectivity index (χ1n) is 6.76. The fourth-order valence-electron chi connectivity index (χ4n) is 2.93. The lowest BCUT2D eigenvalue weighted by molar-refractivity contribution is 0.0651. The van der Waals surface area contributed by atoms with Gasteiger partial charge in [-0.15, -0.1) is 0 Å². The van der Waals surface area contributed by atoms with E-state index in [9.17, 15) is 5.11 Å². The Hall–Kier alpha value is -1.32. The highest BCUT2D eigenvalue weighted by Gasteiger charge is 2.29. The van der Waals surface area contributed by atoms with Crippen LogP contribution in [0, 0.1) is 13.8 Å². The van der Waals surface area contributed by atoms with Crippen LogP contribution in [-0.4, -0.2) is 5.11 Å². The first-order chi connectivity index (χ1) is 9.56. The van der Waals surface area contributed by atoms with Gasteiger partial charge in [0.05, 0.1) is 6.10 Å². The molecule has 2 aromatic carbocycles. The highest BCUT2D eigenvalue weighted by Crippen LogP contribution is 2.43. The van der Waals surface area contributed by atoms with Gasteiger partial charge in [-0.1, -0.05) is 40.2 Å². The topological polar surface area (TPSA) is 29.5 Å². The third-order valence-corrected chi connectivity index (χ3v) is 4.40. The van der Waals surface area contributed by atoms with Gasteiger partial charge in [-0.3, -0.25) is 0 Å². The van der Waals surface area contributed by atoms with Crippen LogP contribution in [0.1, 0.15) is 40.9 Å². The van der Waals surface area contributed by atoms with Crippen molar-refractivity contribution in [2.75, 3.05) is 0 Å². The third-order valence-electron chi connectivity index (χ3n) is 3.91. The number of hydrogen-bond donors (Lipinski definition) is 1. The Morgan fingerprint density at radius 2 is 1.85 bits per heavy atom. The maximum Gasteiger partial charge on any atom is 0.127 e. The van der Waals surface area contributed by atoms with Gasteiger partial charge in [0.25, 0.3) is 0 Å². The number of aliphatic hydroxyl groups excluding tert-OH is 1. The van der Waals surface area contributed by atoms with E-state index in [-0.39, 0.29) is 6.10 Å². The second-order valence-corrected chi connectivity index (χ2v) is 6.26. The largest absolute Gasteiger partial charge is 0.485 e. The molecule has 0 fully saturated rings. The Balaban J connectivity index is 2.03. The van der Waals surface area contributed by atoms with Crippen LogP contribution in [-0.2, 0) is 0 Å². The molecule has 1 aliphatic rings. The van der Waals surface area contributed by atoms with E-state index < -0.39 is 6.10 Å². The molecule has 3 heteroatoms. The van der Waals surface area contributed by atoms with Gasteiger partial charge in [0.15, 0.2) is 0 Å². The molecule has 2 nitrogen and oxygen atoms in total. The van der Waals surface area contributed by atoms with E-state index in [1.807, 2.05) is 18.2 Å². The van der Waals surface area contributed by atoms with E-state index in [2.05, 4.69) is 48.0 Å². The molecule has 1 N–H and O–H groups in total. The molecular weight excluding hydrogens is 316 g/mol. The molecule has 104 valence electrons. The average Bonchev–Trinajstić information content (AvgIpc) is 2.38. The molecule has 0 radical (unpaired) electrons. The molecule has 1 unspecified atom stereocenters. The van der Waals surface area contributed by atoms with Crippen LogP contribution in [0.5, 0.6) is 5.75 Å². The first-order valence-corrected chi connectivity index (χ1v) is 7.56. The zero-order valence-corrected chi connectivity index (χ0v) is 13.1. The molecule has 2 aromatic rings. The molecule has 0 amide bonds. The molecule has 0 bridgehead atoms. The Bertz CT molecular complexity index is 631. The summed E-state index contributed by atoms with van der Waals surface area (Å²) in [7, 11) is 0. The summed E-state index contributed by atoms with van der Waals surface area (Å²) in [6.45, 7) is 4.18. The molecule has 0 saturated carbocycles. The summed E-state index contributed by atoms with van der Waals surface area (Å²) in [5, 5.41) is 10.4. The smallest absolute Gasteiger partial charge is 0.127 e. The lowest BCUT2D eigenvalue weighted by atomic mass is 9.90. The molecule has 3 rings (SSSR count). The van der Waals surface area contributed by atoms with Crippen molar-refractivity contribution < 1.29 is 9.84 Å². The maximum absolute atomic E-state index is 10.4. The minimum absolute atomic E-state index is 0.0898. The first kappa shape index (κ1) is 13.7.